The van der Waals surface area contributed by atoms with Gasteiger partial charge in [-0.25, -0.2) is 0 Å². The van der Waals surface area contributed by atoms with E-state index in [2.05, 4.69) is 25.9 Å². The number of carbonyl (C=O) groups excluding carboxylic acids is 1. The van der Waals surface area contributed by atoms with Gasteiger partial charge in [-0.1, -0.05) is 16.8 Å². The zero-order chi connectivity index (χ0) is 13.0. The lowest BCUT2D eigenvalue weighted by molar-refractivity contribution is 0.0947. The van der Waals surface area contributed by atoms with Crippen molar-refractivity contribution in [2.75, 3.05) is 7.11 Å². The van der Waals surface area contributed by atoms with E-state index in [1.807, 2.05) is 0 Å². The molecule has 0 aliphatic carbocycles. The van der Waals surface area contributed by atoms with E-state index in [4.69, 9.17) is 16.3 Å². The molecule has 0 saturated carbocycles. The summed E-state index contributed by atoms with van der Waals surface area (Å²) >= 11 is 5.81. The Labute approximate surface area is 107 Å². The van der Waals surface area contributed by atoms with Crippen LogP contribution < -0.4 is 10.1 Å². The molecule has 0 saturated heterocycles. The third kappa shape index (κ3) is 2.75. The van der Waals surface area contributed by atoms with Crippen LogP contribution in [0.1, 0.15) is 16.2 Å². The van der Waals surface area contributed by atoms with E-state index >= 15 is 0 Å². The molecular weight excluding hydrogens is 258 g/mol. The van der Waals surface area contributed by atoms with Crippen LogP contribution in [-0.4, -0.2) is 33.6 Å². The summed E-state index contributed by atoms with van der Waals surface area (Å²) in [6, 6.07) is 4.78. The van der Waals surface area contributed by atoms with E-state index < -0.39 is 0 Å². The minimum absolute atomic E-state index is 0.182. The van der Waals surface area contributed by atoms with Gasteiger partial charge in [-0.15, -0.1) is 10.2 Å². The molecule has 7 nitrogen and oxygen atoms in total. The standard InChI is InChI=1S/C10H10ClN5O2/c1-18-8-4-6(11)2-3-7(8)10(17)12-5-9-13-15-16-14-9/h2-4H,5H2,1H3,(H,12,17)(H,13,14,15,16). The highest BCUT2D eigenvalue weighted by Gasteiger charge is 2.12. The van der Waals surface area contributed by atoms with Crippen LogP contribution in [0.25, 0.3) is 0 Å². The summed E-state index contributed by atoms with van der Waals surface area (Å²) in [4.78, 5) is 11.9. The van der Waals surface area contributed by atoms with Gasteiger partial charge < -0.3 is 10.1 Å². The Kier molecular flexibility index (Phi) is 3.73. The first kappa shape index (κ1) is 12.3. The minimum atomic E-state index is -0.298. The number of hydrogen-bond acceptors (Lipinski definition) is 5. The highest BCUT2D eigenvalue weighted by molar-refractivity contribution is 6.30. The Morgan fingerprint density at radius 3 is 3.06 bits per heavy atom. The molecule has 18 heavy (non-hydrogen) atoms. The molecule has 1 amide bonds. The number of amides is 1. The number of tetrazole rings is 1. The molecule has 0 fully saturated rings. The van der Waals surface area contributed by atoms with Gasteiger partial charge in [0, 0.05) is 5.02 Å². The highest BCUT2D eigenvalue weighted by atomic mass is 35.5. The molecule has 0 aliphatic rings. The number of benzene rings is 1. The molecule has 2 aromatic rings. The van der Waals surface area contributed by atoms with Crippen LogP contribution in [-0.2, 0) is 6.54 Å². The van der Waals surface area contributed by atoms with Crippen molar-refractivity contribution in [1.29, 1.82) is 0 Å². The van der Waals surface area contributed by atoms with E-state index in [1.54, 1.807) is 18.2 Å². The number of methoxy groups -OCH3 is 1. The predicted molar refractivity (Wildman–Crippen MR) is 63.4 cm³/mol. The van der Waals surface area contributed by atoms with E-state index in [0.717, 1.165) is 0 Å². The molecule has 1 aromatic carbocycles. The van der Waals surface area contributed by atoms with Gasteiger partial charge in [-0.3, -0.25) is 4.79 Å². The molecule has 0 bridgehead atoms. The number of ether oxygens (including phenoxy) is 1. The normalized spacial score (nSPS) is 10.1. The Balaban J connectivity index is 2.09. The third-order valence-electron chi connectivity index (χ3n) is 2.20. The lowest BCUT2D eigenvalue weighted by Gasteiger charge is -2.08. The molecule has 0 unspecified atom stereocenters. The number of halogens is 1. The van der Waals surface area contributed by atoms with Crippen LogP contribution in [0.2, 0.25) is 5.02 Å². The van der Waals surface area contributed by atoms with Crippen LogP contribution in [0.3, 0.4) is 0 Å². The van der Waals surface area contributed by atoms with Crippen molar-refractivity contribution >= 4 is 17.5 Å². The summed E-state index contributed by atoms with van der Waals surface area (Å²) in [5.41, 5.74) is 0.394. The Morgan fingerprint density at radius 1 is 1.56 bits per heavy atom. The molecule has 0 radical (unpaired) electrons. The van der Waals surface area contributed by atoms with Gasteiger partial charge >= 0.3 is 0 Å². The van der Waals surface area contributed by atoms with E-state index in [9.17, 15) is 4.79 Å². The highest BCUT2D eigenvalue weighted by Crippen LogP contribution is 2.22. The molecule has 1 aromatic heterocycles. The first-order chi connectivity index (χ1) is 8.70. The second-order valence-corrected chi connectivity index (χ2v) is 3.79. The Bertz CT molecular complexity index is 543. The maximum Gasteiger partial charge on any atom is 0.255 e. The lowest BCUT2D eigenvalue weighted by Crippen LogP contribution is -2.24. The summed E-state index contributed by atoms with van der Waals surface area (Å²) in [5, 5.41) is 16.3. The zero-order valence-electron chi connectivity index (χ0n) is 9.48. The molecule has 8 heteroatoms. The fourth-order valence-corrected chi connectivity index (χ4v) is 1.53. The molecule has 0 aliphatic heterocycles. The smallest absolute Gasteiger partial charge is 0.255 e. The topological polar surface area (TPSA) is 92.8 Å². The van der Waals surface area contributed by atoms with Gasteiger partial charge in [0.25, 0.3) is 5.91 Å². The van der Waals surface area contributed by atoms with Crippen molar-refractivity contribution < 1.29 is 9.53 Å². The Morgan fingerprint density at radius 2 is 2.39 bits per heavy atom. The number of nitrogens with one attached hydrogen (secondary N) is 2. The van der Waals surface area contributed by atoms with E-state index in [1.165, 1.54) is 7.11 Å². The quantitative estimate of drug-likeness (QED) is 0.854. The Hall–Kier alpha value is -2.15. The van der Waals surface area contributed by atoms with Gasteiger partial charge in [0.1, 0.15) is 5.75 Å². The van der Waals surface area contributed by atoms with Crippen molar-refractivity contribution in [3.63, 3.8) is 0 Å². The number of aromatic amines is 1. The lowest BCUT2D eigenvalue weighted by atomic mass is 10.2. The van der Waals surface area contributed by atoms with Crippen molar-refractivity contribution in [2.24, 2.45) is 0 Å². The summed E-state index contributed by atoms with van der Waals surface area (Å²) in [6.07, 6.45) is 0. The monoisotopic (exact) mass is 267 g/mol. The largest absolute Gasteiger partial charge is 0.496 e. The van der Waals surface area contributed by atoms with Crippen molar-refractivity contribution in [3.8, 4) is 5.75 Å². The molecule has 2 rings (SSSR count). The van der Waals surface area contributed by atoms with Crippen LogP contribution in [0.5, 0.6) is 5.75 Å². The van der Waals surface area contributed by atoms with Crippen molar-refractivity contribution in [2.45, 2.75) is 6.54 Å². The minimum Gasteiger partial charge on any atom is -0.496 e. The maximum absolute atomic E-state index is 11.9. The number of nitrogens with zero attached hydrogens (tertiary/aromatic N) is 3. The molecular formula is C10H10ClN5O2. The molecule has 2 N–H and O–H groups in total. The summed E-state index contributed by atoms with van der Waals surface area (Å²) in [5.74, 6) is 0.512. The van der Waals surface area contributed by atoms with Gasteiger partial charge in [-0.2, -0.15) is 5.21 Å². The van der Waals surface area contributed by atoms with Crippen LogP contribution in [0.4, 0.5) is 0 Å². The number of rotatable bonds is 4. The third-order valence-corrected chi connectivity index (χ3v) is 2.44. The van der Waals surface area contributed by atoms with E-state index in [-0.39, 0.29) is 12.5 Å². The van der Waals surface area contributed by atoms with Gasteiger partial charge in [0.2, 0.25) is 0 Å². The van der Waals surface area contributed by atoms with Crippen molar-refractivity contribution in [1.82, 2.24) is 25.9 Å². The molecule has 0 spiro atoms. The SMILES string of the molecule is COc1cc(Cl)ccc1C(=O)NCc1nn[nH]n1. The second kappa shape index (κ2) is 5.46. The fourth-order valence-electron chi connectivity index (χ4n) is 1.36. The average molecular weight is 268 g/mol. The molecule has 94 valence electrons. The number of H-pyrrole nitrogens is 1. The first-order valence-electron chi connectivity index (χ1n) is 5.05. The first-order valence-corrected chi connectivity index (χ1v) is 5.42. The molecule has 0 atom stereocenters. The summed E-state index contributed by atoms with van der Waals surface area (Å²) in [6.45, 7) is 0.182. The second-order valence-electron chi connectivity index (χ2n) is 3.36. The zero-order valence-corrected chi connectivity index (χ0v) is 10.2. The van der Waals surface area contributed by atoms with Crippen molar-refractivity contribution in [3.05, 3.63) is 34.6 Å². The van der Waals surface area contributed by atoms with Crippen LogP contribution in [0.15, 0.2) is 18.2 Å². The number of aromatic nitrogens is 4. The predicted octanol–water partition coefficient (Wildman–Crippen LogP) is 0.792. The fraction of sp³-hybridized carbons (Fsp3) is 0.200. The van der Waals surface area contributed by atoms with Gasteiger partial charge in [0.15, 0.2) is 5.82 Å². The van der Waals surface area contributed by atoms with Crippen LogP contribution >= 0.6 is 11.6 Å². The maximum atomic E-state index is 11.9. The molecule has 1 heterocycles. The average Bonchev–Trinajstić information content (AvgIpc) is 2.88. The van der Waals surface area contributed by atoms with E-state index in [0.29, 0.717) is 22.2 Å². The summed E-state index contributed by atoms with van der Waals surface area (Å²) in [7, 11) is 1.47. The summed E-state index contributed by atoms with van der Waals surface area (Å²) < 4.78 is 5.09. The number of carbonyl (C=O) groups is 1. The van der Waals surface area contributed by atoms with Gasteiger partial charge in [-0.05, 0) is 18.2 Å². The van der Waals surface area contributed by atoms with Crippen LogP contribution in [0, 0.1) is 0 Å². The number of hydrogen-bond donors (Lipinski definition) is 2. The van der Waals surface area contributed by atoms with Gasteiger partial charge in [0.05, 0.1) is 19.2 Å².